The minimum absolute atomic E-state index is 0.0506. The lowest BCUT2D eigenvalue weighted by molar-refractivity contribution is 0.162. The van der Waals surface area contributed by atoms with Gasteiger partial charge in [-0.3, -0.25) is 0 Å². The highest BCUT2D eigenvalue weighted by Crippen LogP contribution is 2.47. The van der Waals surface area contributed by atoms with Crippen LogP contribution in [-0.2, 0) is 5.54 Å². The van der Waals surface area contributed by atoms with Crippen molar-refractivity contribution in [3.05, 3.63) is 22.5 Å². The third kappa shape index (κ3) is 2.17. The number of fused-ring (bicyclic) bond motifs is 1. The van der Waals surface area contributed by atoms with Gasteiger partial charge in [0.2, 0.25) is 0 Å². The van der Waals surface area contributed by atoms with Gasteiger partial charge in [-0.25, -0.2) is 4.39 Å². The molecule has 1 fully saturated rings. The summed E-state index contributed by atoms with van der Waals surface area (Å²) in [6, 6.07) is 1.47. The molecule has 2 aliphatic rings. The van der Waals surface area contributed by atoms with Gasteiger partial charge in [0.05, 0.1) is 10.6 Å². The molecule has 1 aromatic carbocycles. The molecule has 0 radical (unpaired) electrons. The Morgan fingerprint density at radius 3 is 2.58 bits per heavy atom. The molecule has 0 bridgehead atoms. The summed E-state index contributed by atoms with van der Waals surface area (Å²) in [5.74, 6) is 0.482. The van der Waals surface area contributed by atoms with Crippen molar-refractivity contribution in [1.82, 2.24) is 0 Å². The molecular formula is C14H17ClFNO2. The Balaban J connectivity index is 2.15. The Morgan fingerprint density at radius 1 is 1.16 bits per heavy atom. The van der Waals surface area contributed by atoms with Crippen LogP contribution in [-0.4, -0.2) is 13.2 Å². The average Bonchev–Trinajstić information content (AvgIpc) is 2.40. The van der Waals surface area contributed by atoms with Crippen LogP contribution in [0.4, 0.5) is 4.39 Å². The van der Waals surface area contributed by atoms with Gasteiger partial charge in [0.25, 0.3) is 0 Å². The van der Waals surface area contributed by atoms with E-state index in [9.17, 15) is 4.39 Å². The summed E-state index contributed by atoms with van der Waals surface area (Å²) in [5, 5.41) is 0.0506. The fourth-order valence-electron chi connectivity index (χ4n) is 3.01. The second-order valence-corrected chi connectivity index (χ2v) is 5.70. The van der Waals surface area contributed by atoms with Crippen LogP contribution < -0.4 is 15.2 Å². The van der Waals surface area contributed by atoms with Crippen molar-refractivity contribution < 1.29 is 13.9 Å². The maximum absolute atomic E-state index is 14.5. The molecule has 1 heterocycles. The number of benzene rings is 1. The number of nitrogens with two attached hydrogens (primary N) is 1. The predicted octanol–water partition coefficient (Wildman–Crippen LogP) is 3.37. The van der Waals surface area contributed by atoms with Gasteiger partial charge >= 0.3 is 0 Å². The first kappa shape index (κ1) is 13.0. The quantitative estimate of drug-likeness (QED) is 0.860. The smallest absolute Gasteiger partial charge is 0.169 e. The van der Waals surface area contributed by atoms with Gasteiger partial charge in [0.15, 0.2) is 17.3 Å². The van der Waals surface area contributed by atoms with Gasteiger partial charge in [-0.1, -0.05) is 30.9 Å². The maximum atomic E-state index is 14.5. The minimum atomic E-state index is -0.696. The second-order valence-electron chi connectivity index (χ2n) is 5.29. The summed E-state index contributed by atoms with van der Waals surface area (Å²) < 4.78 is 25.6. The molecule has 19 heavy (non-hydrogen) atoms. The molecule has 0 atom stereocenters. The van der Waals surface area contributed by atoms with Crippen LogP contribution in [0.3, 0.4) is 0 Å². The van der Waals surface area contributed by atoms with Crippen LogP contribution in [0.15, 0.2) is 6.07 Å². The molecule has 1 aromatic rings. The number of rotatable bonds is 1. The molecule has 1 aliphatic heterocycles. The number of halogens is 2. The van der Waals surface area contributed by atoms with Crippen LogP contribution in [0.1, 0.15) is 37.7 Å². The van der Waals surface area contributed by atoms with E-state index in [1.165, 1.54) is 6.07 Å². The molecular weight excluding hydrogens is 269 g/mol. The highest BCUT2D eigenvalue weighted by molar-refractivity contribution is 6.31. The normalized spacial score (nSPS) is 21.2. The highest BCUT2D eigenvalue weighted by atomic mass is 35.5. The first-order valence-electron chi connectivity index (χ1n) is 6.69. The molecule has 104 valence electrons. The molecule has 5 heteroatoms. The van der Waals surface area contributed by atoms with Crippen LogP contribution >= 0.6 is 11.6 Å². The molecule has 0 amide bonds. The molecule has 3 rings (SSSR count). The van der Waals surface area contributed by atoms with Crippen molar-refractivity contribution in [3.8, 4) is 11.5 Å². The van der Waals surface area contributed by atoms with E-state index in [4.69, 9.17) is 26.8 Å². The van der Waals surface area contributed by atoms with E-state index in [-0.39, 0.29) is 5.02 Å². The van der Waals surface area contributed by atoms with Crippen molar-refractivity contribution in [2.24, 2.45) is 5.73 Å². The number of hydrogen-bond donors (Lipinski definition) is 1. The van der Waals surface area contributed by atoms with Gasteiger partial charge in [-0.2, -0.15) is 0 Å². The van der Waals surface area contributed by atoms with Crippen molar-refractivity contribution in [3.63, 3.8) is 0 Å². The highest BCUT2D eigenvalue weighted by Gasteiger charge is 2.38. The summed E-state index contributed by atoms with van der Waals surface area (Å²) >= 11 is 5.97. The Bertz CT molecular complexity index is 501. The summed E-state index contributed by atoms with van der Waals surface area (Å²) in [7, 11) is 0. The maximum Gasteiger partial charge on any atom is 0.169 e. The first-order valence-corrected chi connectivity index (χ1v) is 7.06. The van der Waals surface area contributed by atoms with Crippen LogP contribution in [0.2, 0.25) is 5.02 Å². The van der Waals surface area contributed by atoms with Crippen molar-refractivity contribution in [2.75, 3.05) is 13.2 Å². The van der Waals surface area contributed by atoms with E-state index in [1.807, 2.05) is 0 Å². The second kappa shape index (κ2) is 4.84. The van der Waals surface area contributed by atoms with Gasteiger partial charge in [0.1, 0.15) is 13.2 Å². The van der Waals surface area contributed by atoms with E-state index < -0.39 is 11.4 Å². The SMILES string of the molecule is NC1(c2c(F)c(Cl)cc3c2OCCO3)CCCCC1. The standard InChI is InChI=1S/C14H17ClFNO2/c15-9-8-10-13(19-7-6-18-10)11(12(9)16)14(17)4-2-1-3-5-14/h8H,1-7,17H2. The number of ether oxygens (including phenoxy) is 2. The third-order valence-corrected chi connectivity index (χ3v) is 4.24. The van der Waals surface area contributed by atoms with Gasteiger partial charge in [0, 0.05) is 11.6 Å². The van der Waals surface area contributed by atoms with Crippen LogP contribution in [0, 0.1) is 5.82 Å². The first-order chi connectivity index (χ1) is 9.12. The summed E-state index contributed by atoms with van der Waals surface area (Å²) in [6.45, 7) is 0.864. The van der Waals surface area contributed by atoms with E-state index >= 15 is 0 Å². The van der Waals surface area contributed by atoms with Crippen LogP contribution in [0.25, 0.3) is 0 Å². The topological polar surface area (TPSA) is 44.5 Å². The average molecular weight is 286 g/mol. The van der Waals surface area contributed by atoms with E-state index in [0.29, 0.717) is 30.3 Å². The predicted molar refractivity (Wildman–Crippen MR) is 71.4 cm³/mol. The largest absolute Gasteiger partial charge is 0.486 e. The van der Waals surface area contributed by atoms with E-state index in [0.717, 1.165) is 32.1 Å². The monoisotopic (exact) mass is 285 g/mol. The lowest BCUT2D eigenvalue weighted by Gasteiger charge is -2.36. The molecule has 1 aliphatic carbocycles. The lowest BCUT2D eigenvalue weighted by atomic mass is 9.76. The number of hydrogen-bond acceptors (Lipinski definition) is 3. The Hall–Kier alpha value is -1.00. The van der Waals surface area contributed by atoms with Crippen molar-refractivity contribution in [1.29, 1.82) is 0 Å². The van der Waals surface area contributed by atoms with Crippen molar-refractivity contribution in [2.45, 2.75) is 37.6 Å². The fourth-order valence-corrected chi connectivity index (χ4v) is 3.20. The Morgan fingerprint density at radius 2 is 1.84 bits per heavy atom. The molecule has 0 saturated heterocycles. The van der Waals surface area contributed by atoms with Gasteiger partial charge in [-0.15, -0.1) is 0 Å². The molecule has 3 nitrogen and oxygen atoms in total. The molecule has 2 N–H and O–H groups in total. The van der Waals surface area contributed by atoms with E-state index in [1.54, 1.807) is 0 Å². The van der Waals surface area contributed by atoms with Crippen molar-refractivity contribution >= 4 is 11.6 Å². The summed E-state index contributed by atoms with van der Waals surface area (Å²) in [4.78, 5) is 0. The molecule has 0 spiro atoms. The summed E-state index contributed by atoms with van der Waals surface area (Å²) in [5.41, 5.74) is 6.14. The zero-order valence-electron chi connectivity index (χ0n) is 10.7. The molecule has 1 saturated carbocycles. The Kier molecular flexibility index (Phi) is 3.31. The Labute approximate surface area is 116 Å². The zero-order chi connectivity index (χ0) is 13.5. The van der Waals surface area contributed by atoms with Gasteiger partial charge in [-0.05, 0) is 12.8 Å². The minimum Gasteiger partial charge on any atom is -0.486 e. The van der Waals surface area contributed by atoms with E-state index in [2.05, 4.69) is 0 Å². The van der Waals surface area contributed by atoms with Crippen LogP contribution in [0.5, 0.6) is 11.5 Å². The fraction of sp³-hybridized carbons (Fsp3) is 0.571. The third-order valence-electron chi connectivity index (χ3n) is 3.97. The zero-order valence-corrected chi connectivity index (χ0v) is 11.4. The van der Waals surface area contributed by atoms with Gasteiger partial charge < -0.3 is 15.2 Å². The summed E-state index contributed by atoms with van der Waals surface area (Å²) in [6.07, 6.45) is 4.64. The molecule has 0 unspecified atom stereocenters. The lowest BCUT2D eigenvalue weighted by Crippen LogP contribution is -2.40. The molecule has 0 aromatic heterocycles.